The molecule has 86 valence electrons. The molecule has 1 unspecified atom stereocenters. The summed E-state index contributed by atoms with van der Waals surface area (Å²) in [5.41, 5.74) is 0.726. The van der Waals surface area contributed by atoms with Gasteiger partial charge in [0.15, 0.2) is 6.04 Å². The van der Waals surface area contributed by atoms with Crippen LogP contribution in [0.5, 0.6) is 0 Å². The zero-order valence-electron chi connectivity index (χ0n) is 8.98. The highest BCUT2D eigenvalue weighted by atomic mass is 19.1. The number of likely N-dealkylation sites (N-methyl/N-ethyl adjacent to an activating group) is 1. The van der Waals surface area contributed by atoms with Crippen LogP contribution < -0.4 is 0 Å². The highest BCUT2D eigenvalue weighted by Crippen LogP contribution is 2.22. The molecule has 0 saturated carbocycles. The van der Waals surface area contributed by atoms with Crippen LogP contribution in [-0.4, -0.2) is 29.4 Å². The molecular weight excluding hydrogens is 213 g/mol. The summed E-state index contributed by atoms with van der Waals surface area (Å²) in [6.07, 6.45) is 0.362. The average molecular weight is 225 g/mol. The number of aliphatic carboxylic acids is 1. The van der Waals surface area contributed by atoms with Crippen molar-refractivity contribution in [3.8, 4) is 0 Å². The summed E-state index contributed by atoms with van der Waals surface area (Å²) in [7, 11) is 1.30. The van der Waals surface area contributed by atoms with Crippen LogP contribution in [0, 0.1) is 12.7 Å². The highest BCUT2D eigenvalue weighted by molar-refractivity contribution is 5.78. The Morgan fingerprint density at radius 3 is 2.69 bits per heavy atom. The molecule has 0 aliphatic rings. The Balaban J connectivity index is 3.25. The molecule has 0 aliphatic carbocycles. The molecule has 0 radical (unpaired) electrons. The second-order valence-corrected chi connectivity index (χ2v) is 3.54. The fraction of sp³-hybridized carbons (Fsp3) is 0.273. The van der Waals surface area contributed by atoms with Gasteiger partial charge in [0, 0.05) is 12.6 Å². The number of carboxylic acid groups (broad SMARTS) is 1. The van der Waals surface area contributed by atoms with E-state index in [0.717, 1.165) is 10.5 Å². The minimum Gasteiger partial charge on any atom is -0.479 e. The van der Waals surface area contributed by atoms with E-state index >= 15 is 0 Å². The molecule has 0 heterocycles. The van der Waals surface area contributed by atoms with E-state index in [1.165, 1.54) is 19.2 Å². The molecule has 0 saturated heterocycles. The van der Waals surface area contributed by atoms with Crippen LogP contribution in [0.2, 0.25) is 0 Å². The number of hydrogen-bond donors (Lipinski definition) is 1. The lowest BCUT2D eigenvalue weighted by Gasteiger charge is -2.21. The summed E-state index contributed by atoms with van der Waals surface area (Å²) in [5, 5.41) is 8.98. The Kier molecular flexibility index (Phi) is 3.60. The number of benzene rings is 1. The van der Waals surface area contributed by atoms with Gasteiger partial charge in [-0.05, 0) is 13.0 Å². The van der Waals surface area contributed by atoms with E-state index < -0.39 is 17.8 Å². The van der Waals surface area contributed by atoms with Gasteiger partial charge in [-0.2, -0.15) is 0 Å². The van der Waals surface area contributed by atoms with Gasteiger partial charge in [0.1, 0.15) is 5.82 Å². The first-order chi connectivity index (χ1) is 7.47. The van der Waals surface area contributed by atoms with Crippen molar-refractivity contribution in [2.24, 2.45) is 0 Å². The van der Waals surface area contributed by atoms with Gasteiger partial charge in [-0.25, -0.2) is 9.18 Å². The van der Waals surface area contributed by atoms with Gasteiger partial charge in [0.2, 0.25) is 6.41 Å². The number of amides is 1. The smallest absolute Gasteiger partial charge is 0.331 e. The third kappa shape index (κ3) is 2.36. The van der Waals surface area contributed by atoms with Gasteiger partial charge in [-0.1, -0.05) is 17.7 Å². The number of halogens is 1. The molecule has 4 nitrogen and oxygen atoms in total. The summed E-state index contributed by atoms with van der Waals surface area (Å²) in [6, 6.07) is 2.86. The monoisotopic (exact) mass is 225 g/mol. The van der Waals surface area contributed by atoms with E-state index in [0.29, 0.717) is 6.41 Å². The lowest BCUT2D eigenvalue weighted by Crippen LogP contribution is -2.30. The summed E-state index contributed by atoms with van der Waals surface area (Å²) >= 11 is 0. The van der Waals surface area contributed by atoms with Crippen LogP contribution in [0.4, 0.5) is 4.39 Å². The van der Waals surface area contributed by atoms with E-state index in [-0.39, 0.29) is 5.56 Å². The van der Waals surface area contributed by atoms with Gasteiger partial charge < -0.3 is 10.0 Å². The van der Waals surface area contributed by atoms with Crippen molar-refractivity contribution in [3.63, 3.8) is 0 Å². The van der Waals surface area contributed by atoms with Crippen LogP contribution in [0.15, 0.2) is 18.2 Å². The van der Waals surface area contributed by atoms with E-state index in [1.54, 1.807) is 13.0 Å². The first-order valence-electron chi connectivity index (χ1n) is 4.63. The zero-order chi connectivity index (χ0) is 12.3. The molecule has 1 atom stereocenters. The number of carboxylic acids is 1. The summed E-state index contributed by atoms with van der Waals surface area (Å²) in [6.45, 7) is 1.72. The minimum absolute atomic E-state index is 0.0119. The number of rotatable bonds is 4. The van der Waals surface area contributed by atoms with E-state index in [4.69, 9.17) is 5.11 Å². The van der Waals surface area contributed by atoms with Crippen molar-refractivity contribution in [2.45, 2.75) is 13.0 Å². The molecule has 1 aromatic rings. The fourth-order valence-electron chi connectivity index (χ4n) is 1.46. The predicted octanol–water partition coefficient (Wildman–Crippen LogP) is 1.35. The maximum Gasteiger partial charge on any atom is 0.331 e. The van der Waals surface area contributed by atoms with Gasteiger partial charge >= 0.3 is 5.97 Å². The van der Waals surface area contributed by atoms with Crippen LogP contribution >= 0.6 is 0 Å². The third-order valence-corrected chi connectivity index (χ3v) is 2.25. The predicted molar refractivity (Wildman–Crippen MR) is 55.3 cm³/mol. The topological polar surface area (TPSA) is 57.6 Å². The number of nitrogens with zero attached hydrogens (tertiary/aromatic N) is 1. The number of aryl methyl sites for hydroxylation is 1. The van der Waals surface area contributed by atoms with Gasteiger partial charge in [0.05, 0.1) is 0 Å². The minimum atomic E-state index is -1.29. The molecule has 0 bridgehead atoms. The maximum atomic E-state index is 13.5. The number of carbonyl (C=O) groups is 2. The third-order valence-electron chi connectivity index (χ3n) is 2.25. The van der Waals surface area contributed by atoms with Gasteiger partial charge in [-0.3, -0.25) is 4.79 Å². The van der Waals surface area contributed by atoms with Gasteiger partial charge in [-0.15, -0.1) is 0 Å². The van der Waals surface area contributed by atoms with Gasteiger partial charge in [0.25, 0.3) is 0 Å². The summed E-state index contributed by atoms with van der Waals surface area (Å²) in [5.74, 6) is -1.90. The Labute approximate surface area is 92.3 Å². The molecule has 5 heteroatoms. The lowest BCUT2D eigenvalue weighted by molar-refractivity contribution is -0.145. The molecule has 1 amide bonds. The van der Waals surface area contributed by atoms with Crippen molar-refractivity contribution in [3.05, 3.63) is 35.1 Å². The zero-order valence-corrected chi connectivity index (χ0v) is 8.98. The van der Waals surface area contributed by atoms with Crippen molar-refractivity contribution in [1.82, 2.24) is 4.90 Å². The van der Waals surface area contributed by atoms with Crippen molar-refractivity contribution in [1.29, 1.82) is 0 Å². The fourth-order valence-corrected chi connectivity index (χ4v) is 1.46. The Morgan fingerprint density at radius 1 is 1.56 bits per heavy atom. The van der Waals surface area contributed by atoms with Crippen LogP contribution in [-0.2, 0) is 9.59 Å². The average Bonchev–Trinajstić information content (AvgIpc) is 2.22. The molecule has 0 spiro atoms. The Morgan fingerprint density at radius 2 is 2.19 bits per heavy atom. The number of hydrogen-bond acceptors (Lipinski definition) is 2. The Hall–Kier alpha value is -1.91. The maximum absolute atomic E-state index is 13.5. The van der Waals surface area contributed by atoms with Crippen molar-refractivity contribution in [2.75, 3.05) is 7.05 Å². The largest absolute Gasteiger partial charge is 0.479 e. The Bertz CT molecular complexity index is 420. The molecule has 0 aromatic heterocycles. The molecule has 1 N–H and O–H groups in total. The molecular formula is C11H12FNO3. The number of carbonyl (C=O) groups excluding carboxylic acids is 1. The van der Waals surface area contributed by atoms with Crippen LogP contribution in [0.1, 0.15) is 17.2 Å². The second-order valence-electron chi connectivity index (χ2n) is 3.54. The molecule has 16 heavy (non-hydrogen) atoms. The lowest BCUT2D eigenvalue weighted by atomic mass is 10.0. The quantitative estimate of drug-likeness (QED) is 0.787. The molecule has 0 fully saturated rings. The normalized spacial score (nSPS) is 11.9. The van der Waals surface area contributed by atoms with Crippen LogP contribution in [0.25, 0.3) is 0 Å². The summed E-state index contributed by atoms with van der Waals surface area (Å²) in [4.78, 5) is 22.5. The first-order valence-corrected chi connectivity index (χ1v) is 4.63. The van der Waals surface area contributed by atoms with E-state index in [9.17, 15) is 14.0 Å². The molecule has 1 rings (SSSR count). The SMILES string of the molecule is Cc1ccc(F)c(C(C(=O)O)N(C)C=O)c1. The summed E-state index contributed by atoms with van der Waals surface area (Å²) < 4.78 is 13.5. The van der Waals surface area contributed by atoms with E-state index in [2.05, 4.69) is 0 Å². The second kappa shape index (κ2) is 4.74. The van der Waals surface area contributed by atoms with E-state index in [1.807, 2.05) is 0 Å². The molecule has 1 aromatic carbocycles. The molecule has 0 aliphatic heterocycles. The van der Waals surface area contributed by atoms with Crippen molar-refractivity contribution >= 4 is 12.4 Å². The van der Waals surface area contributed by atoms with Crippen molar-refractivity contribution < 1.29 is 19.1 Å². The standard InChI is InChI=1S/C11H12FNO3/c1-7-3-4-9(12)8(5-7)10(11(15)16)13(2)6-14/h3-6,10H,1-2H3,(H,15,16). The highest BCUT2D eigenvalue weighted by Gasteiger charge is 2.26. The van der Waals surface area contributed by atoms with Crippen LogP contribution in [0.3, 0.4) is 0 Å². The first kappa shape index (κ1) is 12.2.